The molecule has 1 unspecified atom stereocenters. The predicted molar refractivity (Wildman–Crippen MR) is 136 cm³/mol. The number of carbonyl (C=O) groups is 1. The number of methoxy groups -OCH3 is 1. The van der Waals surface area contributed by atoms with Gasteiger partial charge in [0.1, 0.15) is 18.2 Å². The van der Waals surface area contributed by atoms with E-state index >= 15 is 0 Å². The summed E-state index contributed by atoms with van der Waals surface area (Å²) in [4.78, 5) is 22.6. The molecule has 1 fully saturated rings. The zero-order valence-electron chi connectivity index (χ0n) is 20.2. The molecule has 184 valence electrons. The summed E-state index contributed by atoms with van der Waals surface area (Å²) in [5.74, 6) is 1.82. The molecule has 1 aliphatic heterocycles. The van der Waals surface area contributed by atoms with E-state index in [2.05, 4.69) is 27.9 Å². The molecule has 1 aromatic heterocycles. The molecule has 1 aliphatic rings. The molecule has 35 heavy (non-hydrogen) atoms. The van der Waals surface area contributed by atoms with Crippen LogP contribution in [0.25, 0.3) is 10.9 Å². The first-order valence-corrected chi connectivity index (χ1v) is 11.9. The van der Waals surface area contributed by atoms with Gasteiger partial charge >= 0.3 is 0 Å². The molecule has 2 N–H and O–H groups in total. The Morgan fingerprint density at radius 1 is 1.26 bits per heavy atom. The standard InChI is InChI=1S/C27H32N4O4/c1-4-26(33)31-11-8-20(9-12-31)35-25-15-21-23(16-24(25)34-3)28-17-29-27(21)30-22(10-13-32)19-7-5-6-18(2)14-19/h4-7,14-17,20,22,32H,1,8-13H2,2-3H3,(H,28,29,30). The number of ether oxygens (including phenoxy) is 2. The first-order valence-electron chi connectivity index (χ1n) is 11.9. The number of rotatable bonds is 9. The maximum atomic E-state index is 11.9. The van der Waals surface area contributed by atoms with Gasteiger partial charge in [-0.2, -0.15) is 0 Å². The average molecular weight is 477 g/mol. The third kappa shape index (κ3) is 5.71. The molecule has 0 spiro atoms. The summed E-state index contributed by atoms with van der Waals surface area (Å²) in [6.45, 7) is 6.91. The fourth-order valence-electron chi connectivity index (χ4n) is 4.44. The number of carbonyl (C=O) groups excluding carboxylic acids is 1. The van der Waals surface area contributed by atoms with E-state index in [1.807, 2.05) is 37.3 Å². The lowest BCUT2D eigenvalue weighted by molar-refractivity contribution is -0.127. The highest BCUT2D eigenvalue weighted by Crippen LogP contribution is 2.36. The first kappa shape index (κ1) is 24.5. The topological polar surface area (TPSA) is 96.8 Å². The molecule has 1 amide bonds. The fraction of sp³-hybridized carbons (Fsp3) is 0.370. The van der Waals surface area contributed by atoms with Crippen LogP contribution in [0, 0.1) is 6.92 Å². The number of aryl methyl sites for hydroxylation is 1. The molecule has 8 nitrogen and oxygen atoms in total. The molecule has 0 bridgehead atoms. The van der Waals surface area contributed by atoms with Crippen LogP contribution in [-0.4, -0.2) is 58.8 Å². The lowest BCUT2D eigenvalue weighted by atomic mass is 10.0. The number of hydrogen-bond acceptors (Lipinski definition) is 7. The van der Waals surface area contributed by atoms with E-state index in [0.29, 0.717) is 36.8 Å². The molecular weight excluding hydrogens is 444 g/mol. The Morgan fingerprint density at radius 3 is 2.74 bits per heavy atom. The van der Waals surface area contributed by atoms with Crippen LogP contribution >= 0.6 is 0 Å². The third-order valence-electron chi connectivity index (χ3n) is 6.32. The molecule has 1 atom stereocenters. The number of amides is 1. The highest BCUT2D eigenvalue weighted by molar-refractivity contribution is 5.91. The maximum absolute atomic E-state index is 11.9. The first-order chi connectivity index (χ1) is 17.0. The second-order valence-corrected chi connectivity index (χ2v) is 8.71. The monoisotopic (exact) mass is 476 g/mol. The zero-order valence-corrected chi connectivity index (χ0v) is 20.2. The summed E-state index contributed by atoms with van der Waals surface area (Å²) < 4.78 is 11.9. The molecule has 2 heterocycles. The number of nitrogens with zero attached hydrogens (tertiary/aromatic N) is 3. The number of hydrogen-bond donors (Lipinski definition) is 2. The number of aromatic nitrogens is 2. The van der Waals surface area contributed by atoms with Crippen LogP contribution in [0.1, 0.15) is 36.4 Å². The van der Waals surface area contributed by atoms with Crippen molar-refractivity contribution < 1.29 is 19.4 Å². The largest absolute Gasteiger partial charge is 0.493 e. The number of likely N-dealkylation sites (tertiary alicyclic amines) is 1. The number of nitrogens with one attached hydrogen (secondary N) is 1. The number of aliphatic hydroxyl groups excluding tert-OH is 1. The van der Waals surface area contributed by atoms with Crippen LogP contribution in [0.5, 0.6) is 11.5 Å². The van der Waals surface area contributed by atoms with Gasteiger partial charge in [-0.15, -0.1) is 0 Å². The number of piperidine rings is 1. The van der Waals surface area contributed by atoms with Crippen molar-refractivity contribution in [3.63, 3.8) is 0 Å². The van der Waals surface area contributed by atoms with Crippen molar-refractivity contribution in [1.82, 2.24) is 14.9 Å². The van der Waals surface area contributed by atoms with Gasteiger partial charge in [0, 0.05) is 44.0 Å². The van der Waals surface area contributed by atoms with Gasteiger partial charge < -0.3 is 24.8 Å². The molecule has 0 radical (unpaired) electrons. The summed E-state index contributed by atoms with van der Waals surface area (Å²) in [5.41, 5.74) is 2.96. The van der Waals surface area contributed by atoms with Gasteiger partial charge in [0.2, 0.25) is 5.91 Å². The number of benzene rings is 2. The predicted octanol–water partition coefficient (Wildman–Crippen LogP) is 4.04. The van der Waals surface area contributed by atoms with Crippen molar-refractivity contribution in [2.24, 2.45) is 0 Å². The number of fused-ring (bicyclic) bond motifs is 1. The van der Waals surface area contributed by atoms with Gasteiger partial charge in [0.25, 0.3) is 0 Å². The van der Waals surface area contributed by atoms with Crippen LogP contribution in [0.15, 0.2) is 55.4 Å². The minimum Gasteiger partial charge on any atom is -0.493 e. The van der Waals surface area contributed by atoms with Crippen molar-refractivity contribution in [2.75, 3.05) is 32.1 Å². The molecular formula is C27H32N4O4. The van der Waals surface area contributed by atoms with E-state index in [-0.39, 0.29) is 24.7 Å². The Labute approximate surface area is 205 Å². The normalized spacial score (nSPS) is 15.0. The van der Waals surface area contributed by atoms with Gasteiger partial charge in [-0.1, -0.05) is 36.4 Å². The molecule has 3 aromatic rings. The van der Waals surface area contributed by atoms with E-state index in [1.54, 1.807) is 12.0 Å². The maximum Gasteiger partial charge on any atom is 0.245 e. The van der Waals surface area contributed by atoms with Crippen molar-refractivity contribution in [2.45, 2.75) is 38.3 Å². The molecule has 8 heteroatoms. The summed E-state index contributed by atoms with van der Waals surface area (Å²) in [6, 6.07) is 11.9. The van der Waals surface area contributed by atoms with Crippen molar-refractivity contribution >= 4 is 22.6 Å². The summed E-state index contributed by atoms with van der Waals surface area (Å²) in [6.07, 6.45) is 4.82. The summed E-state index contributed by atoms with van der Waals surface area (Å²) in [7, 11) is 1.61. The van der Waals surface area contributed by atoms with Gasteiger partial charge in [0.15, 0.2) is 11.5 Å². The number of aliphatic hydroxyl groups is 1. The molecule has 4 rings (SSSR count). The Hall–Kier alpha value is -3.65. The Bertz CT molecular complexity index is 1190. The van der Waals surface area contributed by atoms with Crippen molar-refractivity contribution in [3.05, 3.63) is 66.5 Å². The van der Waals surface area contributed by atoms with Gasteiger partial charge in [-0.25, -0.2) is 9.97 Å². The van der Waals surface area contributed by atoms with Crippen LogP contribution in [0.2, 0.25) is 0 Å². The quantitative estimate of drug-likeness (QED) is 0.450. The van der Waals surface area contributed by atoms with E-state index in [1.165, 1.54) is 12.4 Å². The zero-order chi connectivity index (χ0) is 24.8. The summed E-state index contributed by atoms with van der Waals surface area (Å²) >= 11 is 0. The van der Waals surface area contributed by atoms with Crippen molar-refractivity contribution in [1.29, 1.82) is 0 Å². The lowest BCUT2D eigenvalue weighted by Crippen LogP contribution is -2.41. The average Bonchev–Trinajstić information content (AvgIpc) is 2.88. The van der Waals surface area contributed by atoms with E-state index in [9.17, 15) is 9.90 Å². The van der Waals surface area contributed by atoms with E-state index in [4.69, 9.17) is 9.47 Å². The SMILES string of the molecule is C=CC(=O)N1CCC(Oc2cc3c(NC(CCO)c4cccc(C)c4)ncnc3cc2OC)CC1. The third-order valence-corrected chi connectivity index (χ3v) is 6.32. The van der Waals surface area contributed by atoms with E-state index < -0.39 is 0 Å². The second kappa shape index (κ2) is 11.2. The fourth-order valence-corrected chi connectivity index (χ4v) is 4.44. The minimum atomic E-state index is -0.115. The lowest BCUT2D eigenvalue weighted by Gasteiger charge is -2.31. The Morgan fingerprint density at radius 2 is 2.06 bits per heavy atom. The Balaban J connectivity index is 1.61. The van der Waals surface area contributed by atoms with Crippen LogP contribution in [0.3, 0.4) is 0 Å². The minimum absolute atomic E-state index is 0.0364. The highest BCUT2D eigenvalue weighted by atomic mass is 16.5. The van der Waals surface area contributed by atoms with Crippen molar-refractivity contribution in [3.8, 4) is 11.5 Å². The van der Waals surface area contributed by atoms with Crippen LogP contribution in [-0.2, 0) is 4.79 Å². The van der Waals surface area contributed by atoms with Gasteiger partial charge in [-0.3, -0.25) is 4.79 Å². The smallest absolute Gasteiger partial charge is 0.245 e. The number of anilines is 1. The van der Waals surface area contributed by atoms with E-state index in [0.717, 1.165) is 34.9 Å². The molecule has 0 aliphatic carbocycles. The van der Waals surface area contributed by atoms with Gasteiger partial charge in [0.05, 0.1) is 18.7 Å². The molecule has 0 saturated carbocycles. The van der Waals surface area contributed by atoms with Crippen LogP contribution in [0.4, 0.5) is 5.82 Å². The highest BCUT2D eigenvalue weighted by Gasteiger charge is 2.24. The van der Waals surface area contributed by atoms with Gasteiger partial charge in [-0.05, 0) is 31.1 Å². The molecule has 2 aromatic carbocycles. The molecule has 1 saturated heterocycles. The summed E-state index contributed by atoms with van der Waals surface area (Å²) in [5, 5.41) is 14.0. The Kier molecular flexibility index (Phi) is 7.82. The van der Waals surface area contributed by atoms with Crippen LogP contribution < -0.4 is 14.8 Å². The second-order valence-electron chi connectivity index (χ2n) is 8.71.